The lowest BCUT2D eigenvalue weighted by atomic mass is 10.2. The van der Waals surface area contributed by atoms with Gasteiger partial charge in [-0.05, 0) is 12.8 Å². The lowest BCUT2D eigenvalue weighted by Crippen LogP contribution is -2.31. The van der Waals surface area contributed by atoms with E-state index in [2.05, 4.69) is 28.1 Å². The summed E-state index contributed by atoms with van der Waals surface area (Å²) >= 11 is 1.50. The summed E-state index contributed by atoms with van der Waals surface area (Å²) in [7, 11) is 0. The smallest absolute Gasteiger partial charge is 0.205 e. The summed E-state index contributed by atoms with van der Waals surface area (Å²) in [4.78, 5) is 6.88. The summed E-state index contributed by atoms with van der Waals surface area (Å²) < 4.78 is 4.38. The molecule has 1 aliphatic carbocycles. The fraction of sp³-hybridized carbons (Fsp3) is 0.800. The summed E-state index contributed by atoms with van der Waals surface area (Å²) in [6.45, 7) is 5.83. The third-order valence-corrected chi connectivity index (χ3v) is 3.32. The van der Waals surface area contributed by atoms with Crippen LogP contribution in [0.25, 0.3) is 0 Å². The highest BCUT2D eigenvalue weighted by molar-refractivity contribution is 7.09. The normalized spacial score (nSPS) is 16.0. The monoisotopic (exact) mass is 226 g/mol. The molecule has 1 aliphatic rings. The number of hydrogen-bond donors (Lipinski definition) is 1. The minimum absolute atomic E-state index is 0.411. The Balaban J connectivity index is 2.10. The van der Waals surface area contributed by atoms with Crippen LogP contribution in [0.2, 0.25) is 0 Å². The van der Waals surface area contributed by atoms with E-state index in [4.69, 9.17) is 5.73 Å². The van der Waals surface area contributed by atoms with E-state index < -0.39 is 0 Å². The van der Waals surface area contributed by atoms with Gasteiger partial charge >= 0.3 is 0 Å². The van der Waals surface area contributed by atoms with Crippen LogP contribution in [0.3, 0.4) is 0 Å². The van der Waals surface area contributed by atoms with Gasteiger partial charge in [-0.15, -0.1) is 0 Å². The molecule has 0 spiro atoms. The molecule has 4 nitrogen and oxygen atoms in total. The molecule has 0 amide bonds. The van der Waals surface area contributed by atoms with E-state index in [9.17, 15) is 0 Å². The lowest BCUT2D eigenvalue weighted by Gasteiger charge is -2.19. The summed E-state index contributed by atoms with van der Waals surface area (Å²) in [5.74, 6) is 1.37. The molecule has 1 aromatic rings. The molecule has 0 bridgehead atoms. The minimum atomic E-state index is 0.411. The van der Waals surface area contributed by atoms with Crippen LogP contribution in [-0.2, 0) is 0 Å². The van der Waals surface area contributed by atoms with Crippen LogP contribution in [0.15, 0.2) is 0 Å². The minimum Gasteiger partial charge on any atom is -0.343 e. The first-order chi connectivity index (χ1) is 7.22. The Bertz CT molecular complexity index is 319. The fourth-order valence-corrected chi connectivity index (χ4v) is 2.44. The van der Waals surface area contributed by atoms with Crippen molar-refractivity contribution in [3.8, 4) is 0 Å². The van der Waals surface area contributed by atoms with E-state index >= 15 is 0 Å². The van der Waals surface area contributed by atoms with Crippen LogP contribution in [-0.4, -0.2) is 28.5 Å². The Hall–Kier alpha value is -0.680. The Morgan fingerprint density at radius 3 is 2.73 bits per heavy atom. The predicted molar refractivity (Wildman–Crippen MR) is 63.4 cm³/mol. The average molecular weight is 226 g/mol. The van der Waals surface area contributed by atoms with Gasteiger partial charge in [-0.2, -0.15) is 4.37 Å². The first-order valence-electron chi connectivity index (χ1n) is 5.52. The van der Waals surface area contributed by atoms with Crippen molar-refractivity contribution >= 4 is 16.7 Å². The van der Waals surface area contributed by atoms with Gasteiger partial charge < -0.3 is 10.6 Å². The number of rotatable bonds is 5. The quantitative estimate of drug-likeness (QED) is 0.828. The summed E-state index contributed by atoms with van der Waals surface area (Å²) in [5, 5.41) is 1.05. The molecule has 84 valence electrons. The van der Waals surface area contributed by atoms with E-state index in [1.807, 2.05) is 0 Å². The zero-order chi connectivity index (χ0) is 10.8. The summed E-state index contributed by atoms with van der Waals surface area (Å²) in [5.41, 5.74) is 5.61. The van der Waals surface area contributed by atoms with Gasteiger partial charge in [0.25, 0.3) is 0 Å². The van der Waals surface area contributed by atoms with Gasteiger partial charge in [0.1, 0.15) is 5.82 Å². The van der Waals surface area contributed by atoms with Gasteiger partial charge in [0.15, 0.2) is 0 Å². The molecule has 0 saturated heterocycles. The van der Waals surface area contributed by atoms with Crippen molar-refractivity contribution in [1.82, 2.24) is 9.36 Å². The molecule has 0 atom stereocenters. The van der Waals surface area contributed by atoms with Crippen molar-refractivity contribution in [2.45, 2.75) is 38.6 Å². The van der Waals surface area contributed by atoms with Crippen molar-refractivity contribution in [2.24, 2.45) is 5.73 Å². The molecule has 5 heteroatoms. The highest BCUT2D eigenvalue weighted by Crippen LogP contribution is 2.32. The van der Waals surface area contributed by atoms with E-state index in [1.165, 1.54) is 24.4 Å². The zero-order valence-electron chi connectivity index (χ0n) is 9.31. The Morgan fingerprint density at radius 2 is 2.27 bits per heavy atom. The molecule has 0 aromatic carbocycles. The second-order valence-corrected chi connectivity index (χ2v) is 5.03. The maximum Gasteiger partial charge on any atom is 0.205 e. The SMILES string of the molecule is CC(C)c1nsc(N(CCN)C2CC2)n1. The van der Waals surface area contributed by atoms with Crippen LogP contribution in [0.1, 0.15) is 38.4 Å². The van der Waals surface area contributed by atoms with Gasteiger partial charge in [0, 0.05) is 36.6 Å². The number of nitrogens with two attached hydrogens (primary N) is 1. The maximum absolute atomic E-state index is 5.61. The molecule has 2 N–H and O–H groups in total. The number of anilines is 1. The number of hydrogen-bond acceptors (Lipinski definition) is 5. The molecule has 0 unspecified atom stereocenters. The van der Waals surface area contributed by atoms with Gasteiger partial charge in [0.2, 0.25) is 5.13 Å². The van der Waals surface area contributed by atoms with Gasteiger partial charge in [-0.3, -0.25) is 0 Å². The molecular formula is C10H18N4S. The Labute approximate surface area is 94.7 Å². The first-order valence-corrected chi connectivity index (χ1v) is 6.30. The molecule has 15 heavy (non-hydrogen) atoms. The number of nitrogens with zero attached hydrogens (tertiary/aromatic N) is 3. The topological polar surface area (TPSA) is 55.0 Å². The standard InChI is InChI=1S/C10H18N4S/c1-7(2)9-12-10(15-13-9)14(6-5-11)8-3-4-8/h7-8H,3-6,11H2,1-2H3. The van der Waals surface area contributed by atoms with Crippen molar-refractivity contribution in [1.29, 1.82) is 0 Å². The van der Waals surface area contributed by atoms with E-state index in [1.54, 1.807) is 0 Å². The van der Waals surface area contributed by atoms with E-state index in [-0.39, 0.29) is 0 Å². The number of aromatic nitrogens is 2. The molecule has 1 saturated carbocycles. The molecule has 2 rings (SSSR count). The van der Waals surface area contributed by atoms with Gasteiger partial charge in [-0.25, -0.2) is 4.98 Å². The maximum atomic E-state index is 5.61. The van der Waals surface area contributed by atoms with Crippen molar-refractivity contribution < 1.29 is 0 Å². The molecule has 1 heterocycles. The van der Waals surface area contributed by atoms with Gasteiger partial charge in [-0.1, -0.05) is 13.8 Å². The van der Waals surface area contributed by atoms with Crippen LogP contribution < -0.4 is 10.6 Å². The Kier molecular flexibility index (Phi) is 3.21. The van der Waals surface area contributed by atoms with Crippen LogP contribution in [0.5, 0.6) is 0 Å². The summed E-state index contributed by atoms with van der Waals surface area (Å²) in [6.07, 6.45) is 2.55. The third kappa shape index (κ3) is 2.46. The fourth-order valence-electron chi connectivity index (χ4n) is 1.54. The highest BCUT2D eigenvalue weighted by atomic mass is 32.1. The lowest BCUT2D eigenvalue weighted by molar-refractivity contribution is 0.760. The zero-order valence-corrected chi connectivity index (χ0v) is 10.1. The first kappa shape index (κ1) is 10.8. The van der Waals surface area contributed by atoms with Crippen LogP contribution in [0.4, 0.5) is 5.13 Å². The molecule has 1 aromatic heterocycles. The third-order valence-electron chi connectivity index (χ3n) is 2.55. The highest BCUT2D eigenvalue weighted by Gasteiger charge is 2.30. The molecule has 0 radical (unpaired) electrons. The van der Waals surface area contributed by atoms with E-state index in [0.29, 0.717) is 18.5 Å². The molecule has 1 fully saturated rings. The predicted octanol–water partition coefficient (Wildman–Crippen LogP) is 1.59. The van der Waals surface area contributed by atoms with Crippen molar-refractivity contribution in [3.05, 3.63) is 5.82 Å². The second kappa shape index (κ2) is 4.45. The van der Waals surface area contributed by atoms with Crippen molar-refractivity contribution in [2.75, 3.05) is 18.0 Å². The van der Waals surface area contributed by atoms with Crippen LogP contribution >= 0.6 is 11.5 Å². The van der Waals surface area contributed by atoms with Crippen molar-refractivity contribution in [3.63, 3.8) is 0 Å². The van der Waals surface area contributed by atoms with Crippen LogP contribution in [0, 0.1) is 0 Å². The second-order valence-electron chi connectivity index (χ2n) is 4.30. The average Bonchev–Trinajstić information content (AvgIpc) is 2.91. The molecular weight excluding hydrogens is 208 g/mol. The van der Waals surface area contributed by atoms with Gasteiger partial charge in [0.05, 0.1) is 0 Å². The molecule has 0 aliphatic heterocycles. The Morgan fingerprint density at radius 1 is 1.53 bits per heavy atom. The van der Waals surface area contributed by atoms with E-state index in [0.717, 1.165) is 17.5 Å². The summed E-state index contributed by atoms with van der Waals surface area (Å²) in [6, 6.07) is 0.668. The largest absolute Gasteiger partial charge is 0.343 e.